The van der Waals surface area contributed by atoms with E-state index >= 15 is 0 Å². The smallest absolute Gasteiger partial charge is 0.225 e. The molecule has 0 spiro atoms. The first-order chi connectivity index (χ1) is 16.0. The Morgan fingerprint density at radius 3 is 2.79 bits per heavy atom. The lowest BCUT2D eigenvalue weighted by atomic mass is 9.97. The van der Waals surface area contributed by atoms with E-state index in [2.05, 4.69) is 11.0 Å². The monoisotopic (exact) mass is 446 g/mol. The van der Waals surface area contributed by atoms with Gasteiger partial charge in [0.2, 0.25) is 5.91 Å². The van der Waals surface area contributed by atoms with Crippen molar-refractivity contribution in [2.45, 2.75) is 38.1 Å². The average Bonchev–Trinajstić information content (AvgIpc) is 3.67. The normalized spacial score (nSPS) is 18.2. The fourth-order valence-corrected chi connectivity index (χ4v) is 4.46. The number of methoxy groups -OCH3 is 1. The molecule has 2 aromatic rings. The van der Waals surface area contributed by atoms with Crippen LogP contribution in [0.1, 0.15) is 48.9 Å². The number of carbonyl (C=O) groups is 1. The fraction of sp³-hybridized carbons (Fsp3) is 0.440. The minimum Gasteiger partial charge on any atom is -0.398 e. The molecule has 1 amide bonds. The summed E-state index contributed by atoms with van der Waals surface area (Å²) >= 11 is 0. The molecule has 3 N–H and O–H groups in total. The summed E-state index contributed by atoms with van der Waals surface area (Å²) in [6.07, 6.45) is 3.78. The van der Waals surface area contributed by atoms with E-state index in [0.717, 1.165) is 29.7 Å². The molecule has 2 aliphatic rings. The number of nitriles is 1. The number of hydrogen-bond donors (Lipinski definition) is 2. The van der Waals surface area contributed by atoms with Crippen LogP contribution >= 0.6 is 0 Å². The molecule has 1 aromatic carbocycles. The SMILES string of the molecule is COCCC(=O)N1CCN(c2nc(C3CC3)c(-c3ccc(N)c(C=N)c3)cc2C#N)CC1C. The largest absolute Gasteiger partial charge is 0.398 e. The number of hydrogen-bond acceptors (Lipinski definition) is 7. The Bertz CT molecular complexity index is 1100. The van der Waals surface area contributed by atoms with Gasteiger partial charge in [-0.1, -0.05) is 6.07 Å². The molecular formula is C25H30N6O2. The van der Waals surface area contributed by atoms with Crippen LogP contribution in [0.15, 0.2) is 24.3 Å². The van der Waals surface area contributed by atoms with Crippen LogP contribution in [0.3, 0.4) is 0 Å². The summed E-state index contributed by atoms with van der Waals surface area (Å²) in [6.45, 7) is 4.31. The fourth-order valence-electron chi connectivity index (χ4n) is 4.46. The van der Waals surface area contributed by atoms with Crippen LogP contribution in [0.4, 0.5) is 11.5 Å². The molecule has 4 rings (SSSR count). The van der Waals surface area contributed by atoms with Gasteiger partial charge in [-0.05, 0) is 43.5 Å². The van der Waals surface area contributed by atoms with E-state index in [-0.39, 0.29) is 11.9 Å². The van der Waals surface area contributed by atoms with Crippen LogP contribution in [0, 0.1) is 16.7 Å². The molecular weight excluding hydrogens is 416 g/mol. The zero-order valence-corrected chi connectivity index (χ0v) is 19.2. The van der Waals surface area contributed by atoms with Crippen molar-refractivity contribution in [3.8, 4) is 17.2 Å². The zero-order valence-electron chi connectivity index (χ0n) is 19.2. The highest BCUT2D eigenvalue weighted by Gasteiger charge is 2.33. The summed E-state index contributed by atoms with van der Waals surface area (Å²) in [5.74, 6) is 1.17. The summed E-state index contributed by atoms with van der Waals surface area (Å²) in [6, 6.07) is 9.90. The minimum absolute atomic E-state index is 0.0211. The molecule has 1 unspecified atom stereocenters. The van der Waals surface area contributed by atoms with E-state index in [0.29, 0.717) is 61.2 Å². The Morgan fingerprint density at radius 2 is 2.15 bits per heavy atom. The Balaban J connectivity index is 1.66. The molecule has 0 radical (unpaired) electrons. The molecule has 1 aliphatic heterocycles. The van der Waals surface area contributed by atoms with Gasteiger partial charge in [0.15, 0.2) is 0 Å². The number of anilines is 2. The van der Waals surface area contributed by atoms with Crippen LogP contribution < -0.4 is 10.6 Å². The van der Waals surface area contributed by atoms with E-state index in [1.807, 2.05) is 30.0 Å². The van der Waals surface area contributed by atoms with Gasteiger partial charge in [-0.3, -0.25) is 4.79 Å². The number of nitrogen functional groups attached to an aromatic ring is 1. The lowest BCUT2D eigenvalue weighted by molar-refractivity contribution is -0.134. The molecule has 0 bridgehead atoms. The molecule has 8 heteroatoms. The van der Waals surface area contributed by atoms with Gasteiger partial charge in [-0.25, -0.2) is 4.98 Å². The Labute approximate surface area is 194 Å². The highest BCUT2D eigenvalue weighted by atomic mass is 16.5. The van der Waals surface area contributed by atoms with Crippen LogP contribution in [0.2, 0.25) is 0 Å². The maximum Gasteiger partial charge on any atom is 0.225 e. The number of amides is 1. The standard InChI is InChI=1S/C25H30N6O2/c1-16-15-30(8-9-31(16)23(32)7-10-33-2)25-20(14-27)12-21(24(29-25)17-3-4-17)18-5-6-22(28)19(11-18)13-26/h5-6,11-13,16-17,26H,3-4,7-10,15,28H2,1-2H3. The van der Waals surface area contributed by atoms with E-state index < -0.39 is 0 Å². The van der Waals surface area contributed by atoms with Crippen molar-refractivity contribution in [2.24, 2.45) is 0 Å². The van der Waals surface area contributed by atoms with Gasteiger partial charge in [-0.2, -0.15) is 5.26 Å². The molecule has 1 aliphatic carbocycles. The predicted octanol–water partition coefficient (Wildman–Crippen LogP) is 3.15. The average molecular weight is 447 g/mol. The summed E-state index contributed by atoms with van der Waals surface area (Å²) in [5.41, 5.74) is 10.6. The van der Waals surface area contributed by atoms with Gasteiger partial charge in [-0.15, -0.1) is 0 Å². The topological polar surface area (TPSA) is 119 Å². The van der Waals surface area contributed by atoms with Crippen LogP contribution in [-0.2, 0) is 9.53 Å². The van der Waals surface area contributed by atoms with Crippen molar-refractivity contribution < 1.29 is 9.53 Å². The molecule has 2 fully saturated rings. The highest BCUT2D eigenvalue weighted by molar-refractivity contribution is 5.88. The summed E-state index contributed by atoms with van der Waals surface area (Å²) < 4.78 is 5.05. The van der Waals surface area contributed by atoms with Gasteiger partial charge in [0.25, 0.3) is 0 Å². The van der Waals surface area contributed by atoms with E-state index in [4.69, 9.17) is 20.9 Å². The molecule has 1 aromatic heterocycles. The summed E-state index contributed by atoms with van der Waals surface area (Å²) in [4.78, 5) is 21.6. The predicted molar refractivity (Wildman–Crippen MR) is 129 cm³/mol. The van der Waals surface area contributed by atoms with Crippen molar-refractivity contribution >= 4 is 23.6 Å². The van der Waals surface area contributed by atoms with Gasteiger partial charge in [0.05, 0.1) is 24.3 Å². The number of ether oxygens (including phenoxy) is 1. The molecule has 2 heterocycles. The number of carbonyl (C=O) groups excluding carboxylic acids is 1. The van der Waals surface area contributed by atoms with E-state index in [9.17, 15) is 10.1 Å². The number of aromatic nitrogens is 1. The minimum atomic E-state index is 0.0211. The van der Waals surface area contributed by atoms with Gasteiger partial charge < -0.3 is 25.7 Å². The van der Waals surface area contributed by atoms with Crippen molar-refractivity contribution in [3.63, 3.8) is 0 Å². The lowest BCUT2D eigenvalue weighted by Gasteiger charge is -2.41. The third kappa shape index (κ3) is 4.69. The van der Waals surface area contributed by atoms with Crippen LogP contribution in [-0.4, -0.2) is 61.4 Å². The Kier molecular flexibility index (Phi) is 6.61. The lowest BCUT2D eigenvalue weighted by Crippen LogP contribution is -2.54. The maximum atomic E-state index is 12.5. The number of nitrogens with two attached hydrogens (primary N) is 1. The number of benzene rings is 1. The van der Waals surface area contributed by atoms with Gasteiger partial charge in [0.1, 0.15) is 11.9 Å². The number of nitrogens with one attached hydrogen (secondary N) is 1. The number of piperazine rings is 1. The summed E-state index contributed by atoms with van der Waals surface area (Å²) in [5, 5.41) is 17.6. The summed E-state index contributed by atoms with van der Waals surface area (Å²) in [7, 11) is 1.60. The highest BCUT2D eigenvalue weighted by Crippen LogP contribution is 2.45. The second-order valence-electron chi connectivity index (χ2n) is 8.79. The molecule has 1 atom stereocenters. The van der Waals surface area contributed by atoms with E-state index in [1.54, 1.807) is 13.2 Å². The molecule has 8 nitrogen and oxygen atoms in total. The first kappa shape index (κ1) is 22.7. The van der Waals surface area contributed by atoms with Crippen molar-refractivity contribution in [1.82, 2.24) is 9.88 Å². The van der Waals surface area contributed by atoms with Crippen molar-refractivity contribution in [3.05, 3.63) is 41.1 Å². The van der Waals surface area contributed by atoms with Crippen molar-refractivity contribution in [1.29, 1.82) is 10.7 Å². The number of pyridine rings is 1. The van der Waals surface area contributed by atoms with Crippen molar-refractivity contribution in [2.75, 3.05) is 44.0 Å². The third-order valence-corrected chi connectivity index (χ3v) is 6.44. The molecule has 33 heavy (non-hydrogen) atoms. The van der Waals surface area contributed by atoms with Crippen LogP contribution in [0.5, 0.6) is 0 Å². The van der Waals surface area contributed by atoms with Gasteiger partial charge in [0, 0.05) is 61.7 Å². The third-order valence-electron chi connectivity index (χ3n) is 6.44. The van der Waals surface area contributed by atoms with Gasteiger partial charge >= 0.3 is 0 Å². The first-order valence-corrected chi connectivity index (χ1v) is 11.4. The molecule has 1 saturated heterocycles. The van der Waals surface area contributed by atoms with Crippen LogP contribution in [0.25, 0.3) is 11.1 Å². The quantitative estimate of drug-likeness (QED) is 0.498. The second kappa shape index (κ2) is 9.59. The number of rotatable bonds is 7. The second-order valence-corrected chi connectivity index (χ2v) is 8.79. The molecule has 1 saturated carbocycles. The maximum absolute atomic E-state index is 12.5. The Morgan fingerprint density at radius 1 is 1.36 bits per heavy atom. The number of nitrogens with zero attached hydrogens (tertiary/aromatic N) is 4. The Hall–Kier alpha value is -3.44. The zero-order chi connectivity index (χ0) is 23.5. The van der Waals surface area contributed by atoms with E-state index in [1.165, 1.54) is 6.21 Å². The first-order valence-electron chi connectivity index (χ1n) is 11.4. The molecule has 172 valence electrons.